The predicted molar refractivity (Wildman–Crippen MR) is 163 cm³/mol. The summed E-state index contributed by atoms with van der Waals surface area (Å²) < 4.78 is 11.8. The minimum Gasteiger partial charge on any atom is -0.488 e. The quantitative estimate of drug-likeness (QED) is 0.162. The summed E-state index contributed by atoms with van der Waals surface area (Å²) in [6.45, 7) is 0.852. The molecule has 208 valence electrons. The first kappa shape index (κ1) is 29.1. The van der Waals surface area contributed by atoms with E-state index < -0.39 is 0 Å². The van der Waals surface area contributed by atoms with E-state index in [9.17, 15) is 9.59 Å². The van der Waals surface area contributed by atoms with Crippen LogP contribution >= 0.6 is 11.8 Å². The van der Waals surface area contributed by atoms with E-state index in [2.05, 4.69) is 21.1 Å². The molecular formula is C32H30N4O4S. The van der Waals surface area contributed by atoms with Crippen molar-refractivity contribution in [1.82, 2.24) is 10.9 Å². The second kappa shape index (κ2) is 16.3. The zero-order chi connectivity index (χ0) is 28.5. The molecule has 0 aromatic heterocycles. The van der Waals surface area contributed by atoms with Crippen molar-refractivity contribution in [2.24, 2.45) is 10.2 Å². The third-order valence-electron chi connectivity index (χ3n) is 5.56. The van der Waals surface area contributed by atoms with Crippen molar-refractivity contribution < 1.29 is 19.1 Å². The SMILES string of the molecule is O=C(CSCC(=O)NN=Cc1ccccc1OCc1ccccc1)NN=Cc1ccccc1OCc1ccccc1. The zero-order valence-electron chi connectivity index (χ0n) is 22.3. The molecule has 0 radical (unpaired) electrons. The summed E-state index contributed by atoms with van der Waals surface area (Å²) in [6, 6.07) is 34.6. The first-order valence-electron chi connectivity index (χ1n) is 12.9. The number of carbonyl (C=O) groups is 2. The molecule has 41 heavy (non-hydrogen) atoms. The molecule has 0 unspecified atom stereocenters. The molecule has 2 amide bonds. The Balaban J connectivity index is 1.16. The summed E-state index contributed by atoms with van der Waals surface area (Å²) in [5.41, 5.74) is 8.54. The Morgan fingerprint density at radius 2 is 0.976 bits per heavy atom. The molecule has 0 aliphatic carbocycles. The minimum absolute atomic E-state index is 0.0663. The molecule has 8 nitrogen and oxygen atoms in total. The van der Waals surface area contributed by atoms with Crippen LogP contribution in [0.2, 0.25) is 0 Å². The molecule has 0 atom stereocenters. The predicted octanol–water partition coefficient (Wildman–Crippen LogP) is 5.18. The first-order valence-corrected chi connectivity index (χ1v) is 14.1. The van der Waals surface area contributed by atoms with Crippen molar-refractivity contribution in [2.45, 2.75) is 13.2 Å². The normalized spacial score (nSPS) is 10.9. The third-order valence-corrected chi connectivity index (χ3v) is 6.50. The lowest BCUT2D eigenvalue weighted by Crippen LogP contribution is -2.23. The lowest BCUT2D eigenvalue weighted by atomic mass is 10.2. The molecule has 4 rings (SSSR count). The number of para-hydroxylation sites is 2. The fraction of sp³-hybridized carbons (Fsp3) is 0.125. The highest BCUT2D eigenvalue weighted by Gasteiger charge is 2.06. The Bertz CT molecular complexity index is 1350. The molecule has 9 heteroatoms. The summed E-state index contributed by atoms with van der Waals surface area (Å²) in [4.78, 5) is 24.3. The molecule has 4 aromatic carbocycles. The monoisotopic (exact) mass is 566 g/mol. The number of carbonyl (C=O) groups excluding carboxylic acids is 2. The van der Waals surface area contributed by atoms with Gasteiger partial charge in [0.15, 0.2) is 0 Å². The van der Waals surface area contributed by atoms with Crippen LogP contribution in [-0.4, -0.2) is 35.7 Å². The van der Waals surface area contributed by atoms with Crippen LogP contribution in [0.4, 0.5) is 0 Å². The molecule has 2 N–H and O–H groups in total. The van der Waals surface area contributed by atoms with Crippen molar-refractivity contribution >= 4 is 36.0 Å². The molecule has 0 spiro atoms. The molecule has 0 aliphatic rings. The second-order valence-corrected chi connectivity index (χ2v) is 9.69. The maximum atomic E-state index is 12.2. The van der Waals surface area contributed by atoms with Crippen molar-refractivity contribution in [3.63, 3.8) is 0 Å². The van der Waals surface area contributed by atoms with E-state index >= 15 is 0 Å². The smallest absolute Gasteiger partial charge is 0.250 e. The Hall–Kier alpha value is -4.89. The number of hydrazone groups is 2. The van der Waals surface area contributed by atoms with Crippen LogP contribution in [0, 0.1) is 0 Å². The van der Waals surface area contributed by atoms with Crippen LogP contribution < -0.4 is 20.3 Å². The summed E-state index contributed by atoms with van der Waals surface area (Å²) >= 11 is 1.16. The number of nitrogens with one attached hydrogen (secondary N) is 2. The number of amides is 2. The number of hydrogen-bond donors (Lipinski definition) is 2. The molecule has 0 heterocycles. The lowest BCUT2D eigenvalue weighted by molar-refractivity contribution is -0.118. The topological polar surface area (TPSA) is 101 Å². The van der Waals surface area contributed by atoms with Crippen molar-refractivity contribution in [2.75, 3.05) is 11.5 Å². The molecular weight excluding hydrogens is 536 g/mol. The van der Waals surface area contributed by atoms with E-state index in [0.717, 1.165) is 34.0 Å². The molecule has 0 aliphatic heterocycles. The average molecular weight is 567 g/mol. The second-order valence-electron chi connectivity index (χ2n) is 8.70. The van der Waals surface area contributed by atoms with E-state index in [1.54, 1.807) is 0 Å². The Morgan fingerprint density at radius 3 is 1.41 bits per heavy atom. The van der Waals surface area contributed by atoms with Crippen LogP contribution in [0.25, 0.3) is 0 Å². The van der Waals surface area contributed by atoms with E-state index in [1.807, 2.05) is 109 Å². The van der Waals surface area contributed by atoms with Crippen molar-refractivity contribution in [3.8, 4) is 11.5 Å². The van der Waals surface area contributed by atoms with Crippen LogP contribution in [0.1, 0.15) is 22.3 Å². The van der Waals surface area contributed by atoms with Gasteiger partial charge in [0.1, 0.15) is 24.7 Å². The zero-order valence-corrected chi connectivity index (χ0v) is 23.1. The Kier molecular flexibility index (Phi) is 11.5. The highest BCUT2D eigenvalue weighted by molar-refractivity contribution is 8.00. The first-order chi connectivity index (χ1) is 20.2. The molecule has 0 saturated carbocycles. The van der Waals surface area contributed by atoms with E-state index in [-0.39, 0.29) is 23.3 Å². The van der Waals surface area contributed by atoms with Gasteiger partial charge < -0.3 is 9.47 Å². The summed E-state index contributed by atoms with van der Waals surface area (Å²) in [5, 5.41) is 8.05. The summed E-state index contributed by atoms with van der Waals surface area (Å²) in [7, 11) is 0. The number of benzene rings is 4. The molecule has 0 bridgehead atoms. The number of thioether (sulfide) groups is 1. The standard InChI is InChI=1S/C32H30N4O4S/c37-31(35-33-19-27-15-7-9-17-29(27)39-21-25-11-3-1-4-12-25)23-41-24-32(38)36-34-20-28-16-8-10-18-30(28)40-22-26-13-5-2-6-14-26/h1-20H,21-24H2,(H,35,37)(H,36,38). The van der Waals surface area contributed by atoms with Gasteiger partial charge in [-0.1, -0.05) is 84.9 Å². The Labute approximate surface area is 243 Å². The van der Waals surface area contributed by atoms with Gasteiger partial charge in [0.25, 0.3) is 0 Å². The van der Waals surface area contributed by atoms with Gasteiger partial charge in [-0.3, -0.25) is 9.59 Å². The van der Waals surface area contributed by atoms with Crippen LogP contribution in [0.3, 0.4) is 0 Å². The number of ether oxygens (including phenoxy) is 2. The van der Waals surface area contributed by atoms with Gasteiger partial charge in [-0.2, -0.15) is 10.2 Å². The van der Waals surface area contributed by atoms with Gasteiger partial charge in [0, 0.05) is 11.1 Å². The summed E-state index contributed by atoms with van der Waals surface area (Å²) in [6.07, 6.45) is 3.07. The van der Waals surface area contributed by atoms with E-state index in [0.29, 0.717) is 24.7 Å². The van der Waals surface area contributed by atoms with Crippen molar-refractivity contribution in [1.29, 1.82) is 0 Å². The summed E-state index contributed by atoms with van der Waals surface area (Å²) in [5.74, 6) is 0.801. The van der Waals surface area contributed by atoms with Crippen LogP contribution in [0.15, 0.2) is 119 Å². The average Bonchev–Trinajstić information content (AvgIpc) is 3.01. The number of hydrogen-bond acceptors (Lipinski definition) is 7. The molecule has 0 saturated heterocycles. The Morgan fingerprint density at radius 1 is 0.585 bits per heavy atom. The lowest BCUT2D eigenvalue weighted by Gasteiger charge is -2.09. The highest BCUT2D eigenvalue weighted by Crippen LogP contribution is 2.18. The maximum Gasteiger partial charge on any atom is 0.250 e. The van der Waals surface area contributed by atoms with E-state index in [1.165, 1.54) is 12.4 Å². The highest BCUT2D eigenvalue weighted by atomic mass is 32.2. The maximum absolute atomic E-state index is 12.2. The number of nitrogens with zero attached hydrogens (tertiary/aromatic N) is 2. The van der Waals surface area contributed by atoms with Crippen molar-refractivity contribution in [3.05, 3.63) is 131 Å². The largest absolute Gasteiger partial charge is 0.488 e. The fourth-order valence-corrected chi connectivity index (χ4v) is 4.16. The van der Waals surface area contributed by atoms with Gasteiger partial charge in [0.05, 0.1) is 23.9 Å². The van der Waals surface area contributed by atoms with Gasteiger partial charge in [-0.05, 0) is 35.4 Å². The van der Waals surface area contributed by atoms with Gasteiger partial charge >= 0.3 is 0 Å². The van der Waals surface area contributed by atoms with Gasteiger partial charge in [-0.25, -0.2) is 10.9 Å². The fourth-order valence-electron chi connectivity index (χ4n) is 3.56. The van der Waals surface area contributed by atoms with E-state index in [4.69, 9.17) is 9.47 Å². The van der Waals surface area contributed by atoms with Gasteiger partial charge in [-0.15, -0.1) is 11.8 Å². The third kappa shape index (κ3) is 10.3. The number of rotatable bonds is 14. The van der Waals surface area contributed by atoms with Gasteiger partial charge in [0.2, 0.25) is 11.8 Å². The molecule has 4 aromatic rings. The van der Waals surface area contributed by atoms with Crippen LogP contribution in [-0.2, 0) is 22.8 Å². The molecule has 0 fully saturated rings. The van der Waals surface area contributed by atoms with Crippen LogP contribution in [0.5, 0.6) is 11.5 Å². The minimum atomic E-state index is -0.324.